The third-order valence-electron chi connectivity index (χ3n) is 3.54. The molecule has 24 heavy (non-hydrogen) atoms. The van der Waals surface area contributed by atoms with Gasteiger partial charge in [0.2, 0.25) is 5.95 Å². The summed E-state index contributed by atoms with van der Waals surface area (Å²) < 4.78 is 26.1. The van der Waals surface area contributed by atoms with Crippen LogP contribution in [-0.2, 0) is 13.0 Å². The van der Waals surface area contributed by atoms with E-state index in [1.807, 2.05) is 23.1 Å². The zero-order chi connectivity index (χ0) is 16.8. The Morgan fingerprint density at radius 2 is 1.58 bits per heavy atom. The first-order valence-electron chi connectivity index (χ1n) is 7.57. The molecule has 4 nitrogen and oxygen atoms in total. The Bertz CT molecular complexity index is 761. The number of hydrogen-bond acceptors (Lipinski definition) is 4. The Morgan fingerprint density at radius 3 is 2.25 bits per heavy atom. The van der Waals surface area contributed by atoms with Crippen LogP contribution in [0.3, 0.4) is 0 Å². The summed E-state index contributed by atoms with van der Waals surface area (Å²) in [6, 6.07) is 12.0. The van der Waals surface area contributed by atoms with E-state index in [0.717, 1.165) is 23.7 Å². The second-order valence-electron chi connectivity index (χ2n) is 5.32. The molecule has 0 aliphatic carbocycles. The molecule has 0 atom stereocenters. The molecule has 1 aromatic carbocycles. The maximum atomic E-state index is 13.1. The Kier molecular flexibility index (Phi) is 5.05. The van der Waals surface area contributed by atoms with Crippen LogP contribution in [0.2, 0.25) is 0 Å². The molecule has 0 amide bonds. The summed E-state index contributed by atoms with van der Waals surface area (Å²) in [7, 11) is 0. The van der Waals surface area contributed by atoms with Crippen molar-refractivity contribution in [3.8, 4) is 0 Å². The Morgan fingerprint density at radius 1 is 0.833 bits per heavy atom. The van der Waals surface area contributed by atoms with Gasteiger partial charge in [-0.3, -0.25) is 4.98 Å². The number of halogens is 2. The lowest BCUT2D eigenvalue weighted by molar-refractivity contribution is 0.609. The van der Waals surface area contributed by atoms with Gasteiger partial charge in [0.1, 0.15) is 5.82 Å². The molecule has 0 saturated carbocycles. The summed E-state index contributed by atoms with van der Waals surface area (Å²) in [6.07, 6.45) is 4.72. The van der Waals surface area contributed by atoms with E-state index in [1.54, 1.807) is 18.3 Å². The van der Waals surface area contributed by atoms with Crippen molar-refractivity contribution < 1.29 is 8.78 Å². The van der Waals surface area contributed by atoms with Crippen molar-refractivity contribution in [3.05, 3.63) is 83.9 Å². The van der Waals surface area contributed by atoms with Gasteiger partial charge in [0, 0.05) is 31.4 Å². The molecule has 0 aliphatic rings. The van der Waals surface area contributed by atoms with Crippen molar-refractivity contribution in [2.24, 2.45) is 0 Å². The molecule has 3 aromatic rings. The molecule has 0 fully saturated rings. The summed E-state index contributed by atoms with van der Waals surface area (Å²) in [6.45, 7) is 1.11. The summed E-state index contributed by atoms with van der Waals surface area (Å²) in [5, 5.41) is 0. The van der Waals surface area contributed by atoms with Gasteiger partial charge in [-0.05, 0) is 29.8 Å². The standard InChI is InChI=1S/C18H16F2N4/c19-15-6-4-14(5-7-15)13-24(18-22-11-16(20)12-23-18)10-8-17-3-1-2-9-21-17/h1-7,9,11-12H,8,10,13H2. The molecule has 0 N–H and O–H groups in total. The van der Waals surface area contributed by atoms with E-state index in [-0.39, 0.29) is 5.82 Å². The summed E-state index contributed by atoms with van der Waals surface area (Å²) in [5.74, 6) is -0.335. The summed E-state index contributed by atoms with van der Waals surface area (Å²) in [4.78, 5) is 14.3. The highest BCUT2D eigenvalue weighted by Gasteiger charge is 2.11. The van der Waals surface area contributed by atoms with Crippen LogP contribution in [0.4, 0.5) is 14.7 Å². The number of benzene rings is 1. The predicted molar refractivity (Wildman–Crippen MR) is 87.4 cm³/mol. The number of hydrogen-bond donors (Lipinski definition) is 0. The average molecular weight is 326 g/mol. The summed E-state index contributed by atoms with van der Waals surface area (Å²) in [5.41, 5.74) is 1.87. The van der Waals surface area contributed by atoms with Gasteiger partial charge in [-0.25, -0.2) is 18.7 Å². The van der Waals surface area contributed by atoms with Gasteiger partial charge >= 0.3 is 0 Å². The zero-order valence-electron chi connectivity index (χ0n) is 12.9. The molecular weight excluding hydrogens is 310 g/mol. The van der Waals surface area contributed by atoms with Crippen LogP contribution < -0.4 is 4.90 Å². The highest BCUT2D eigenvalue weighted by molar-refractivity contribution is 5.32. The number of nitrogens with zero attached hydrogens (tertiary/aromatic N) is 4. The fourth-order valence-corrected chi connectivity index (χ4v) is 2.32. The SMILES string of the molecule is Fc1ccc(CN(CCc2ccccn2)c2ncc(F)cn2)cc1. The molecule has 0 unspecified atom stereocenters. The number of rotatable bonds is 6. The molecule has 0 spiro atoms. The maximum Gasteiger partial charge on any atom is 0.225 e. The predicted octanol–water partition coefficient (Wildman–Crippen LogP) is 3.40. The third-order valence-corrected chi connectivity index (χ3v) is 3.54. The number of anilines is 1. The molecule has 0 saturated heterocycles. The average Bonchev–Trinajstić information content (AvgIpc) is 2.62. The molecule has 0 radical (unpaired) electrons. The van der Waals surface area contributed by atoms with Gasteiger partial charge < -0.3 is 4.90 Å². The third kappa shape index (κ3) is 4.32. The topological polar surface area (TPSA) is 41.9 Å². The largest absolute Gasteiger partial charge is 0.336 e. The molecule has 0 aliphatic heterocycles. The van der Waals surface area contributed by atoms with Crippen molar-refractivity contribution >= 4 is 5.95 Å². The summed E-state index contributed by atoms with van der Waals surface area (Å²) >= 11 is 0. The molecule has 0 bridgehead atoms. The minimum absolute atomic E-state index is 0.281. The van der Waals surface area contributed by atoms with E-state index >= 15 is 0 Å². The Labute approximate surface area is 138 Å². The molecular formula is C18H16F2N4. The van der Waals surface area contributed by atoms with E-state index in [2.05, 4.69) is 15.0 Å². The van der Waals surface area contributed by atoms with Crippen LogP contribution in [-0.4, -0.2) is 21.5 Å². The first-order chi connectivity index (χ1) is 11.7. The Balaban J connectivity index is 1.77. The van der Waals surface area contributed by atoms with E-state index < -0.39 is 5.82 Å². The van der Waals surface area contributed by atoms with Gasteiger partial charge in [0.05, 0.1) is 12.4 Å². The highest BCUT2D eigenvalue weighted by atomic mass is 19.1. The maximum absolute atomic E-state index is 13.1. The van der Waals surface area contributed by atoms with Gasteiger partial charge in [0.25, 0.3) is 0 Å². The normalized spacial score (nSPS) is 10.6. The van der Waals surface area contributed by atoms with E-state index in [9.17, 15) is 8.78 Å². The van der Waals surface area contributed by atoms with Crippen LogP contribution in [0, 0.1) is 11.6 Å². The lowest BCUT2D eigenvalue weighted by atomic mass is 10.2. The smallest absolute Gasteiger partial charge is 0.225 e. The molecule has 6 heteroatoms. The molecule has 2 aromatic heterocycles. The Hall–Kier alpha value is -2.89. The van der Waals surface area contributed by atoms with Crippen LogP contribution in [0.5, 0.6) is 0 Å². The van der Waals surface area contributed by atoms with Crippen molar-refractivity contribution in [2.45, 2.75) is 13.0 Å². The van der Waals surface area contributed by atoms with Gasteiger partial charge in [0.15, 0.2) is 5.82 Å². The van der Waals surface area contributed by atoms with Crippen LogP contribution in [0.1, 0.15) is 11.3 Å². The zero-order valence-corrected chi connectivity index (χ0v) is 12.9. The van der Waals surface area contributed by atoms with Gasteiger partial charge in [-0.1, -0.05) is 18.2 Å². The quantitative estimate of drug-likeness (QED) is 0.696. The van der Waals surface area contributed by atoms with Crippen LogP contribution in [0.25, 0.3) is 0 Å². The number of aromatic nitrogens is 3. The minimum Gasteiger partial charge on any atom is -0.336 e. The molecule has 122 valence electrons. The first-order valence-corrected chi connectivity index (χ1v) is 7.57. The van der Waals surface area contributed by atoms with E-state index in [0.29, 0.717) is 25.5 Å². The molecule has 3 rings (SSSR count). The number of pyridine rings is 1. The van der Waals surface area contributed by atoms with Gasteiger partial charge in [-0.2, -0.15) is 0 Å². The lowest BCUT2D eigenvalue weighted by Gasteiger charge is -2.22. The minimum atomic E-state index is -0.481. The lowest BCUT2D eigenvalue weighted by Crippen LogP contribution is -2.27. The highest BCUT2D eigenvalue weighted by Crippen LogP contribution is 2.14. The molecule has 2 heterocycles. The second-order valence-corrected chi connectivity index (χ2v) is 5.32. The van der Waals surface area contributed by atoms with E-state index in [1.165, 1.54) is 12.1 Å². The fraction of sp³-hybridized carbons (Fsp3) is 0.167. The first kappa shape index (κ1) is 16.0. The van der Waals surface area contributed by atoms with Crippen molar-refractivity contribution in [3.63, 3.8) is 0 Å². The van der Waals surface area contributed by atoms with E-state index in [4.69, 9.17) is 0 Å². The second kappa shape index (κ2) is 7.59. The van der Waals surface area contributed by atoms with Crippen LogP contribution in [0.15, 0.2) is 61.1 Å². The van der Waals surface area contributed by atoms with Crippen molar-refractivity contribution in [1.82, 2.24) is 15.0 Å². The monoisotopic (exact) mass is 326 g/mol. The fourth-order valence-electron chi connectivity index (χ4n) is 2.32. The van der Waals surface area contributed by atoms with Gasteiger partial charge in [-0.15, -0.1) is 0 Å². The van der Waals surface area contributed by atoms with Crippen LogP contribution >= 0.6 is 0 Å². The van der Waals surface area contributed by atoms with Crippen molar-refractivity contribution in [2.75, 3.05) is 11.4 Å². The van der Waals surface area contributed by atoms with Crippen molar-refractivity contribution in [1.29, 1.82) is 0 Å².